The second-order valence-corrected chi connectivity index (χ2v) is 4.22. The van der Waals surface area contributed by atoms with Gasteiger partial charge in [0, 0.05) is 19.7 Å². The minimum Gasteiger partial charge on any atom is -0.477 e. The molecule has 0 saturated carbocycles. The van der Waals surface area contributed by atoms with E-state index in [-0.39, 0.29) is 23.4 Å². The molecule has 1 saturated heterocycles. The van der Waals surface area contributed by atoms with Gasteiger partial charge in [-0.2, -0.15) is 0 Å². The van der Waals surface area contributed by atoms with Gasteiger partial charge in [0.1, 0.15) is 0 Å². The van der Waals surface area contributed by atoms with Crippen LogP contribution in [0.5, 0.6) is 0 Å². The molecule has 1 aromatic rings. The van der Waals surface area contributed by atoms with E-state index < -0.39 is 5.97 Å². The Labute approximate surface area is 104 Å². The van der Waals surface area contributed by atoms with Crippen molar-refractivity contribution in [1.29, 1.82) is 0 Å². The van der Waals surface area contributed by atoms with Gasteiger partial charge in [-0.25, -0.2) is 9.78 Å². The summed E-state index contributed by atoms with van der Waals surface area (Å²) in [6.07, 6.45) is 1.90. The van der Waals surface area contributed by atoms with Gasteiger partial charge in [-0.3, -0.25) is 4.79 Å². The maximum atomic E-state index is 12.2. The second-order valence-electron chi connectivity index (χ2n) is 4.22. The summed E-state index contributed by atoms with van der Waals surface area (Å²) in [5.41, 5.74) is -0.214. The van der Waals surface area contributed by atoms with E-state index in [0.717, 1.165) is 6.42 Å². The Morgan fingerprint density at radius 1 is 1.61 bits per heavy atom. The number of hydrogen-bond acceptors (Lipinski definition) is 4. The highest BCUT2D eigenvalue weighted by atomic mass is 16.5. The maximum absolute atomic E-state index is 12.2. The number of aromatic amines is 1. The van der Waals surface area contributed by atoms with Crippen LogP contribution in [0.1, 0.15) is 34.3 Å². The lowest BCUT2D eigenvalue weighted by Gasteiger charge is -2.21. The molecule has 1 aliphatic heterocycles. The molecule has 0 aromatic carbocycles. The van der Waals surface area contributed by atoms with E-state index >= 15 is 0 Å². The fraction of sp³-hybridized carbons (Fsp3) is 0.545. The molecule has 1 amide bonds. The number of carboxylic acids is 1. The summed E-state index contributed by atoms with van der Waals surface area (Å²) < 4.78 is 5.44. The van der Waals surface area contributed by atoms with Crippen LogP contribution in [-0.4, -0.2) is 57.7 Å². The minimum atomic E-state index is -1.19. The number of carbonyl (C=O) groups is 2. The van der Waals surface area contributed by atoms with Gasteiger partial charge in [0.05, 0.1) is 12.4 Å². The molecule has 18 heavy (non-hydrogen) atoms. The highest BCUT2D eigenvalue weighted by Crippen LogP contribution is 2.12. The normalized spacial score (nSPS) is 20.5. The smallest absolute Gasteiger partial charge is 0.354 e. The van der Waals surface area contributed by atoms with Gasteiger partial charge in [0.15, 0.2) is 11.4 Å². The number of amides is 1. The van der Waals surface area contributed by atoms with E-state index in [1.165, 1.54) is 6.33 Å². The predicted octanol–water partition coefficient (Wildman–Crippen LogP) is 0.359. The summed E-state index contributed by atoms with van der Waals surface area (Å²) in [6.45, 7) is 3.49. The minimum absolute atomic E-state index is 0.0448. The van der Waals surface area contributed by atoms with E-state index in [0.29, 0.717) is 19.7 Å². The zero-order valence-electron chi connectivity index (χ0n) is 10.0. The largest absolute Gasteiger partial charge is 0.477 e. The average molecular weight is 253 g/mol. The highest BCUT2D eigenvalue weighted by molar-refractivity contribution is 6.02. The third-order valence-electron chi connectivity index (χ3n) is 2.80. The standard InChI is InChI=1S/C11H15N3O4/c1-7-5-14(3-2-4-18-7)10(15)8-9(11(16)17)13-6-12-8/h6-7H,2-5H2,1H3,(H,12,13)(H,16,17). The Kier molecular flexibility index (Phi) is 3.61. The molecular formula is C11H15N3O4. The molecule has 0 aliphatic carbocycles. The van der Waals surface area contributed by atoms with Crippen molar-refractivity contribution in [3.05, 3.63) is 17.7 Å². The predicted molar refractivity (Wildman–Crippen MR) is 61.5 cm³/mol. The first kappa shape index (κ1) is 12.6. The number of aromatic carboxylic acids is 1. The molecular weight excluding hydrogens is 238 g/mol. The van der Waals surface area contributed by atoms with Gasteiger partial charge < -0.3 is 19.7 Å². The molecule has 2 rings (SSSR count). The zero-order chi connectivity index (χ0) is 13.1. The van der Waals surface area contributed by atoms with E-state index in [1.807, 2.05) is 6.92 Å². The maximum Gasteiger partial charge on any atom is 0.354 e. The van der Waals surface area contributed by atoms with Crippen LogP contribution in [0, 0.1) is 0 Å². The fourth-order valence-electron chi connectivity index (χ4n) is 1.95. The zero-order valence-corrected chi connectivity index (χ0v) is 10.0. The lowest BCUT2D eigenvalue weighted by atomic mass is 10.2. The van der Waals surface area contributed by atoms with Crippen LogP contribution in [0.4, 0.5) is 0 Å². The summed E-state index contributed by atoms with van der Waals surface area (Å²) in [7, 11) is 0. The molecule has 7 nitrogen and oxygen atoms in total. The number of nitrogens with one attached hydrogen (secondary N) is 1. The number of rotatable bonds is 2. The van der Waals surface area contributed by atoms with Crippen molar-refractivity contribution in [3.63, 3.8) is 0 Å². The molecule has 1 unspecified atom stereocenters. The number of ether oxygens (including phenoxy) is 1. The summed E-state index contributed by atoms with van der Waals surface area (Å²) in [6, 6.07) is 0. The molecule has 1 aromatic heterocycles. The molecule has 2 heterocycles. The number of carboxylic acid groups (broad SMARTS) is 1. The third-order valence-corrected chi connectivity index (χ3v) is 2.80. The number of H-pyrrole nitrogens is 1. The molecule has 1 aliphatic rings. The van der Waals surface area contributed by atoms with Crippen molar-refractivity contribution in [3.8, 4) is 0 Å². The number of hydrogen-bond donors (Lipinski definition) is 2. The Bertz CT molecular complexity index is 457. The first-order valence-electron chi connectivity index (χ1n) is 5.77. The topological polar surface area (TPSA) is 95.5 Å². The summed E-state index contributed by atoms with van der Waals surface area (Å²) in [5.74, 6) is -1.55. The lowest BCUT2D eigenvalue weighted by Crippen LogP contribution is -2.36. The highest BCUT2D eigenvalue weighted by Gasteiger charge is 2.26. The van der Waals surface area contributed by atoms with E-state index in [9.17, 15) is 9.59 Å². The van der Waals surface area contributed by atoms with Gasteiger partial charge in [0.2, 0.25) is 0 Å². The van der Waals surface area contributed by atoms with E-state index in [1.54, 1.807) is 4.90 Å². The summed E-state index contributed by atoms with van der Waals surface area (Å²) >= 11 is 0. The Balaban J connectivity index is 2.19. The fourth-order valence-corrected chi connectivity index (χ4v) is 1.95. The van der Waals surface area contributed by atoms with Crippen molar-refractivity contribution in [2.75, 3.05) is 19.7 Å². The lowest BCUT2D eigenvalue weighted by molar-refractivity contribution is 0.0553. The summed E-state index contributed by atoms with van der Waals surface area (Å²) in [5, 5.41) is 8.94. The van der Waals surface area contributed by atoms with Crippen LogP contribution in [0.15, 0.2) is 6.33 Å². The first-order valence-corrected chi connectivity index (χ1v) is 5.77. The third kappa shape index (κ3) is 2.51. The van der Waals surface area contributed by atoms with Crippen molar-refractivity contribution in [2.45, 2.75) is 19.4 Å². The van der Waals surface area contributed by atoms with Crippen molar-refractivity contribution < 1.29 is 19.4 Å². The van der Waals surface area contributed by atoms with Gasteiger partial charge in [-0.15, -0.1) is 0 Å². The van der Waals surface area contributed by atoms with E-state index in [4.69, 9.17) is 9.84 Å². The van der Waals surface area contributed by atoms with Crippen molar-refractivity contribution in [2.24, 2.45) is 0 Å². The van der Waals surface area contributed by atoms with E-state index in [2.05, 4.69) is 9.97 Å². The van der Waals surface area contributed by atoms with Crippen molar-refractivity contribution >= 4 is 11.9 Å². The molecule has 98 valence electrons. The van der Waals surface area contributed by atoms with Crippen LogP contribution >= 0.6 is 0 Å². The van der Waals surface area contributed by atoms with Gasteiger partial charge in [-0.05, 0) is 13.3 Å². The van der Waals surface area contributed by atoms with Crippen LogP contribution in [0.25, 0.3) is 0 Å². The van der Waals surface area contributed by atoms with Crippen LogP contribution in [0.3, 0.4) is 0 Å². The van der Waals surface area contributed by atoms with Gasteiger partial charge in [-0.1, -0.05) is 0 Å². The number of imidazole rings is 1. The number of aromatic nitrogens is 2. The summed E-state index contributed by atoms with van der Waals surface area (Å²) in [4.78, 5) is 31.0. The first-order chi connectivity index (χ1) is 8.59. The Morgan fingerprint density at radius 2 is 2.39 bits per heavy atom. The Morgan fingerprint density at radius 3 is 3.11 bits per heavy atom. The Hall–Kier alpha value is -1.89. The number of carbonyl (C=O) groups excluding carboxylic acids is 1. The molecule has 0 spiro atoms. The molecule has 1 atom stereocenters. The van der Waals surface area contributed by atoms with Crippen LogP contribution in [0.2, 0.25) is 0 Å². The van der Waals surface area contributed by atoms with Gasteiger partial charge in [0.25, 0.3) is 5.91 Å². The van der Waals surface area contributed by atoms with Crippen LogP contribution < -0.4 is 0 Å². The molecule has 7 heteroatoms. The SMILES string of the molecule is CC1CN(C(=O)c2nc[nH]c2C(=O)O)CCCO1. The molecule has 2 N–H and O–H groups in total. The van der Waals surface area contributed by atoms with Crippen LogP contribution in [-0.2, 0) is 4.74 Å². The number of nitrogens with zero attached hydrogens (tertiary/aromatic N) is 2. The molecule has 1 fully saturated rings. The quantitative estimate of drug-likeness (QED) is 0.793. The second kappa shape index (κ2) is 5.18. The monoisotopic (exact) mass is 253 g/mol. The molecule has 0 bridgehead atoms. The van der Waals surface area contributed by atoms with Gasteiger partial charge >= 0.3 is 5.97 Å². The average Bonchev–Trinajstić information content (AvgIpc) is 2.72. The van der Waals surface area contributed by atoms with Crippen molar-refractivity contribution in [1.82, 2.24) is 14.9 Å². The molecule has 0 radical (unpaired) electrons.